The minimum atomic E-state index is -3.52. The van der Waals surface area contributed by atoms with Crippen molar-refractivity contribution >= 4 is 10.2 Å². The van der Waals surface area contributed by atoms with Crippen molar-refractivity contribution in [1.82, 2.24) is 18.4 Å². The van der Waals surface area contributed by atoms with Crippen molar-refractivity contribution in [1.29, 1.82) is 0 Å². The van der Waals surface area contributed by atoms with Crippen LogP contribution in [0.25, 0.3) is 5.69 Å². The first-order valence-corrected chi connectivity index (χ1v) is 10.1. The summed E-state index contributed by atoms with van der Waals surface area (Å²) in [5.41, 5.74) is 2.95. The molecular formula is C18H26N4O3S. The number of nitrogens with zero attached hydrogens (tertiary/aromatic N) is 4. The Morgan fingerprint density at radius 2 is 2.12 bits per heavy atom. The van der Waals surface area contributed by atoms with Gasteiger partial charge in [-0.2, -0.15) is 22.1 Å². The van der Waals surface area contributed by atoms with Crippen molar-refractivity contribution in [2.24, 2.45) is 0 Å². The van der Waals surface area contributed by atoms with Gasteiger partial charge in [0, 0.05) is 45.0 Å². The monoisotopic (exact) mass is 378 g/mol. The highest BCUT2D eigenvalue weighted by Gasteiger charge is 2.36. The standard InChI is InChI=1S/C18H26N4O3S/c1-15-7-4-5-9-18(15)21-13-16(11-19-21)12-20(2)26(23,24)22-10-6-8-17(22)14-25-3/h4-5,7,9,11,13,17H,6,8,10,12,14H2,1-3H3. The molecule has 2 aromatic rings. The third-order valence-corrected chi connectivity index (χ3v) is 6.77. The van der Waals surface area contributed by atoms with Gasteiger partial charge in [0.2, 0.25) is 0 Å². The van der Waals surface area contributed by atoms with E-state index in [1.807, 2.05) is 37.4 Å². The Labute approximate surface area is 155 Å². The van der Waals surface area contributed by atoms with Crippen LogP contribution in [0, 0.1) is 6.92 Å². The lowest BCUT2D eigenvalue weighted by atomic mass is 10.2. The smallest absolute Gasteiger partial charge is 0.282 e. The van der Waals surface area contributed by atoms with E-state index in [-0.39, 0.29) is 12.6 Å². The van der Waals surface area contributed by atoms with E-state index in [9.17, 15) is 8.42 Å². The number of rotatable bonds is 7. The van der Waals surface area contributed by atoms with Crippen LogP contribution in [-0.2, 0) is 21.5 Å². The summed E-state index contributed by atoms with van der Waals surface area (Å²) in [7, 11) is -0.305. The Bertz CT molecular complexity index is 850. The fourth-order valence-electron chi connectivity index (χ4n) is 3.38. The van der Waals surface area contributed by atoms with Crippen molar-refractivity contribution in [2.45, 2.75) is 32.4 Å². The Kier molecular flexibility index (Phi) is 5.76. The highest BCUT2D eigenvalue weighted by atomic mass is 32.2. The summed E-state index contributed by atoms with van der Waals surface area (Å²) >= 11 is 0. The van der Waals surface area contributed by atoms with Crippen molar-refractivity contribution in [2.75, 3.05) is 27.3 Å². The van der Waals surface area contributed by atoms with Crippen molar-refractivity contribution in [3.8, 4) is 5.69 Å². The first kappa shape index (κ1) is 19.0. The van der Waals surface area contributed by atoms with Crippen molar-refractivity contribution in [3.63, 3.8) is 0 Å². The van der Waals surface area contributed by atoms with Crippen LogP contribution in [0.3, 0.4) is 0 Å². The first-order valence-electron chi connectivity index (χ1n) is 8.75. The largest absolute Gasteiger partial charge is 0.383 e. The van der Waals surface area contributed by atoms with Gasteiger partial charge >= 0.3 is 0 Å². The maximum absolute atomic E-state index is 12.9. The van der Waals surface area contributed by atoms with E-state index >= 15 is 0 Å². The van der Waals surface area contributed by atoms with Crippen LogP contribution in [0.4, 0.5) is 0 Å². The van der Waals surface area contributed by atoms with Gasteiger partial charge in [-0.05, 0) is 31.4 Å². The predicted octanol–water partition coefficient (Wildman–Crippen LogP) is 1.97. The van der Waals surface area contributed by atoms with Gasteiger partial charge in [-0.25, -0.2) is 4.68 Å². The van der Waals surface area contributed by atoms with E-state index < -0.39 is 10.2 Å². The Hall–Kier alpha value is -1.74. The molecule has 0 radical (unpaired) electrons. The molecule has 142 valence electrons. The number of benzene rings is 1. The molecule has 8 heteroatoms. The van der Waals surface area contributed by atoms with E-state index in [1.54, 1.807) is 29.3 Å². The fraction of sp³-hybridized carbons (Fsp3) is 0.500. The Morgan fingerprint density at radius 1 is 1.35 bits per heavy atom. The normalized spacial score (nSPS) is 18.7. The molecule has 1 aromatic carbocycles. The third kappa shape index (κ3) is 3.83. The van der Waals surface area contributed by atoms with E-state index in [0.717, 1.165) is 29.7 Å². The van der Waals surface area contributed by atoms with Crippen LogP contribution < -0.4 is 0 Å². The third-order valence-electron chi connectivity index (χ3n) is 4.78. The average Bonchev–Trinajstić information content (AvgIpc) is 3.25. The molecule has 0 N–H and O–H groups in total. The molecule has 26 heavy (non-hydrogen) atoms. The number of ether oxygens (including phenoxy) is 1. The maximum atomic E-state index is 12.9. The maximum Gasteiger partial charge on any atom is 0.282 e. The molecule has 3 rings (SSSR count). The molecule has 0 amide bonds. The number of aryl methyl sites for hydroxylation is 1. The van der Waals surface area contributed by atoms with Gasteiger partial charge < -0.3 is 4.74 Å². The van der Waals surface area contributed by atoms with Crippen LogP contribution in [0.15, 0.2) is 36.7 Å². The van der Waals surface area contributed by atoms with E-state index in [2.05, 4.69) is 5.10 Å². The molecule has 1 aromatic heterocycles. The topological polar surface area (TPSA) is 67.7 Å². The van der Waals surface area contributed by atoms with Gasteiger partial charge in [-0.1, -0.05) is 18.2 Å². The second-order valence-corrected chi connectivity index (χ2v) is 8.69. The van der Waals surface area contributed by atoms with Crippen molar-refractivity contribution < 1.29 is 13.2 Å². The van der Waals surface area contributed by atoms with Gasteiger partial charge in [0.15, 0.2) is 0 Å². The number of hydrogen-bond donors (Lipinski definition) is 0. The SMILES string of the molecule is COCC1CCCN1S(=O)(=O)N(C)Cc1cnn(-c2ccccc2C)c1. The zero-order chi connectivity index (χ0) is 18.7. The molecule has 7 nitrogen and oxygen atoms in total. The molecule has 1 fully saturated rings. The molecule has 1 saturated heterocycles. The summed E-state index contributed by atoms with van der Waals surface area (Å²) < 4.78 is 35.8. The van der Waals surface area contributed by atoms with Crippen LogP contribution >= 0.6 is 0 Å². The molecule has 0 bridgehead atoms. The Balaban J connectivity index is 1.74. The first-order chi connectivity index (χ1) is 12.4. The molecule has 1 aliphatic rings. The van der Waals surface area contributed by atoms with Crippen LogP contribution in [0.1, 0.15) is 24.0 Å². The summed E-state index contributed by atoms with van der Waals surface area (Å²) in [6.07, 6.45) is 5.30. The molecule has 0 aliphatic carbocycles. The minimum Gasteiger partial charge on any atom is -0.383 e. The second kappa shape index (κ2) is 7.87. The highest BCUT2D eigenvalue weighted by molar-refractivity contribution is 7.86. The molecule has 1 unspecified atom stereocenters. The van der Waals surface area contributed by atoms with Crippen LogP contribution in [-0.4, -0.2) is 60.2 Å². The van der Waals surface area contributed by atoms with Gasteiger partial charge in [0.25, 0.3) is 10.2 Å². The predicted molar refractivity (Wildman–Crippen MR) is 100 cm³/mol. The summed E-state index contributed by atoms with van der Waals surface area (Å²) in [6.45, 7) is 3.28. The van der Waals surface area contributed by atoms with Gasteiger partial charge in [0.05, 0.1) is 18.5 Å². The zero-order valence-electron chi connectivity index (χ0n) is 15.5. The molecule has 0 saturated carbocycles. The van der Waals surface area contributed by atoms with E-state index in [0.29, 0.717) is 13.2 Å². The molecule has 1 aliphatic heterocycles. The lowest BCUT2D eigenvalue weighted by Crippen LogP contribution is -2.45. The number of aromatic nitrogens is 2. The zero-order valence-corrected chi connectivity index (χ0v) is 16.3. The number of para-hydroxylation sites is 1. The molecule has 2 heterocycles. The quantitative estimate of drug-likeness (QED) is 0.739. The van der Waals surface area contributed by atoms with Crippen LogP contribution in [0.2, 0.25) is 0 Å². The lowest BCUT2D eigenvalue weighted by Gasteiger charge is -2.28. The fourth-order valence-corrected chi connectivity index (χ4v) is 4.96. The molecular weight excluding hydrogens is 352 g/mol. The second-order valence-electron chi connectivity index (χ2n) is 6.71. The van der Waals surface area contributed by atoms with Gasteiger partial charge in [0.1, 0.15) is 0 Å². The van der Waals surface area contributed by atoms with Gasteiger partial charge in [-0.15, -0.1) is 0 Å². The summed E-state index contributed by atoms with van der Waals surface area (Å²) in [6, 6.07) is 7.88. The molecule has 1 atom stereocenters. The molecule has 0 spiro atoms. The average molecular weight is 378 g/mol. The summed E-state index contributed by atoms with van der Waals surface area (Å²) in [4.78, 5) is 0. The number of hydrogen-bond acceptors (Lipinski definition) is 4. The van der Waals surface area contributed by atoms with Gasteiger partial charge in [-0.3, -0.25) is 0 Å². The lowest BCUT2D eigenvalue weighted by molar-refractivity contribution is 0.146. The minimum absolute atomic E-state index is 0.0814. The van der Waals surface area contributed by atoms with E-state index in [4.69, 9.17) is 4.74 Å². The van der Waals surface area contributed by atoms with Crippen molar-refractivity contribution in [3.05, 3.63) is 47.8 Å². The van der Waals surface area contributed by atoms with Crippen LogP contribution in [0.5, 0.6) is 0 Å². The summed E-state index contributed by atoms with van der Waals surface area (Å²) in [5.74, 6) is 0. The highest BCUT2D eigenvalue weighted by Crippen LogP contribution is 2.24. The number of methoxy groups -OCH3 is 1. The Morgan fingerprint density at radius 3 is 2.85 bits per heavy atom. The van der Waals surface area contributed by atoms with E-state index in [1.165, 1.54) is 4.31 Å². The summed E-state index contributed by atoms with van der Waals surface area (Å²) in [5, 5.41) is 4.39.